The highest BCUT2D eigenvalue weighted by Gasteiger charge is 2.37. The van der Waals surface area contributed by atoms with Crippen LogP contribution in [0, 0.1) is 12.3 Å². The fraction of sp³-hybridized carbons (Fsp3) is 0.600. The van der Waals surface area contributed by atoms with Crippen molar-refractivity contribution in [2.24, 2.45) is 5.41 Å². The van der Waals surface area contributed by atoms with Crippen LogP contribution in [0.3, 0.4) is 0 Å². The molecule has 1 aliphatic carbocycles. The first kappa shape index (κ1) is 27.4. The van der Waals surface area contributed by atoms with Gasteiger partial charge in [-0.1, -0.05) is 32.0 Å². The molecule has 1 aromatic heterocycles. The number of carbonyl (C=O) groups is 2. The van der Waals surface area contributed by atoms with Crippen molar-refractivity contribution >= 4 is 23.7 Å². The van der Waals surface area contributed by atoms with Crippen LogP contribution in [-0.4, -0.2) is 78.1 Å². The minimum atomic E-state index is -0.244. The van der Waals surface area contributed by atoms with Gasteiger partial charge in [-0.2, -0.15) is 0 Å². The monoisotopic (exact) mass is 539 g/mol. The van der Waals surface area contributed by atoms with Gasteiger partial charge in [0.2, 0.25) is 0 Å². The maximum atomic E-state index is 13.5. The van der Waals surface area contributed by atoms with Crippen molar-refractivity contribution in [2.45, 2.75) is 64.3 Å². The van der Waals surface area contributed by atoms with Crippen molar-refractivity contribution in [1.82, 2.24) is 13.8 Å². The molecule has 2 fully saturated rings. The standard InChI is InChI=1S/C30H41N3O4S/c1-22-24(18-23-8-4-5-9-27(23)38-32-10-6-7-11-32)29-25(19-30(2,3)20-26(29)34)33(22)21-28(35)37-17-14-31-12-15-36-16-13-31/h4-5,8-9H,6-7,10-21H2,1-3H3. The molecule has 3 aliphatic rings. The minimum absolute atomic E-state index is 0.131. The highest BCUT2D eigenvalue weighted by atomic mass is 32.2. The highest BCUT2D eigenvalue weighted by Crippen LogP contribution is 2.40. The van der Waals surface area contributed by atoms with Gasteiger partial charge >= 0.3 is 5.97 Å². The Kier molecular flexibility index (Phi) is 8.62. The van der Waals surface area contributed by atoms with Crippen molar-refractivity contribution in [3.63, 3.8) is 0 Å². The van der Waals surface area contributed by atoms with Gasteiger partial charge < -0.3 is 14.0 Å². The lowest BCUT2D eigenvalue weighted by molar-refractivity contribution is -0.145. The Morgan fingerprint density at radius 1 is 1.08 bits per heavy atom. The summed E-state index contributed by atoms with van der Waals surface area (Å²) in [6.45, 7) is 13.0. The Morgan fingerprint density at radius 2 is 1.82 bits per heavy atom. The summed E-state index contributed by atoms with van der Waals surface area (Å²) in [5.41, 5.74) is 5.01. The molecule has 0 N–H and O–H groups in total. The zero-order valence-electron chi connectivity index (χ0n) is 23.1. The predicted octanol–water partition coefficient (Wildman–Crippen LogP) is 4.52. The van der Waals surface area contributed by atoms with Gasteiger partial charge in [0.05, 0.1) is 13.2 Å². The third kappa shape index (κ3) is 6.36. The molecular weight excluding hydrogens is 498 g/mol. The summed E-state index contributed by atoms with van der Waals surface area (Å²) in [6.07, 6.45) is 4.50. The maximum absolute atomic E-state index is 13.5. The Balaban J connectivity index is 1.37. The first-order valence-corrected chi connectivity index (χ1v) is 14.8. The molecule has 2 aromatic rings. The Bertz CT molecular complexity index is 1160. The molecule has 0 spiro atoms. The lowest BCUT2D eigenvalue weighted by atomic mass is 9.75. The van der Waals surface area contributed by atoms with Gasteiger partial charge in [-0.25, -0.2) is 4.31 Å². The second kappa shape index (κ2) is 11.9. The van der Waals surface area contributed by atoms with E-state index in [0.29, 0.717) is 19.4 Å². The lowest BCUT2D eigenvalue weighted by Crippen LogP contribution is -2.38. The van der Waals surface area contributed by atoms with E-state index in [4.69, 9.17) is 9.47 Å². The number of ketones is 1. The molecule has 0 atom stereocenters. The van der Waals surface area contributed by atoms with E-state index in [0.717, 1.165) is 74.9 Å². The summed E-state index contributed by atoms with van der Waals surface area (Å²) in [4.78, 5) is 30.0. The van der Waals surface area contributed by atoms with E-state index >= 15 is 0 Å². The number of fused-ring (bicyclic) bond motifs is 1. The molecule has 0 bridgehead atoms. The number of morpholine rings is 1. The van der Waals surface area contributed by atoms with E-state index < -0.39 is 0 Å². The highest BCUT2D eigenvalue weighted by molar-refractivity contribution is 7.97. The Labute approximate surface area is 231 Å². The molecule has 3 heterocycles. The molecule has 0 amide bonds. The second-order valence-electron chi connectivity index (χ2n) is 11.6. The molecule has 1 aromatic carbocycles. The number of aromatic nitrogens is 1. The first-order chi connectivity index (χ1) is 18.3. The maximum Gasteiger partial charge on any atom is 0.325 e. The van der Waals surface area contributed by atoms with Gasteiger partial charge in [0.25, 0.3) is 0 Å². The van der Waals surface area contributed by atoms with E-state index in [1.807, 2.05) is 11.9 Å². The average Bonchev–Trinajstić information content (AvgIpc) is 3.48. The lowest BCUT2D eigenvalue weighted by Gasteiger charge is -2.30. The number of nitrogens with zero attached hydrogens (tertiary/aromatic N) is 3. The molecule has 5 rings (SSSR count). The minimum Gasteiger partial charge on any atom is -0.463 e. The van der Waals surface area contributed by atoms with Crippen LogP contribution < -0.4 is 0 Å². The van der Waals surface area contributed by atoms with E-state index in [1.54, 1.807) is 0 Å². The van der Waals surface area contributed by atoms with Crippen LogP contribution in [0.1, 0.15) is 66.0 Å². The van der Waals surface area contributed by atoms with E-state index in [-0.39, 0.29) is 23.7 Å². The van der Waals surface area contributed by atoms with Crippen LogP contribution in [0.5, 0.6) is 0 Å². The Morgan fingerprint density at radius 3 is 2.58 bits per heavy atom. The molecule has 2 aliphatic heterocycles. The third-order valence-corrected chi connectivity index (χ3v) is 9.23. The van der Waals surface area contributed by atoms with E-state index in [2.05, 4.69) is 58.8 Å². The van der Waals surface area contributed by atoms with Crippen LogP contribution in [0.4, 0.5) is 0 Å². The summed E-state index contributed by atoms with van der Waals surface area (Å²) in [5.74, 6) is -0.0509. The topological polar surface area (TPSA) is 64.0 Å². The molecule has 0 radical (unpaired) electrons. The number of hydrogen-bond acceptors (Lipinski definition) is 7. The molecular formula is C30H41N3O4S. The molecule has 38 heavy (non-hydrogen) atoms. The van der Waals surface area contributed by atoms with Gasteiger partial charge in [0, 0.05) is 67.4 Å². The van der Waals surface area contributed by atoms with Crippen LogP contribution in [-0.2, 0) is 33.7 Å². The van der Waals surface area contributed by atoms with Gasteiger partial charge in [0.15, 0.2) is 5.78 Å². The predicted molar refractivity (Wildman–Crippen MR) is 150 cm³/mol. The normalized spacial score (nSPS) is 20.0. The van der Waals surface area contributed by atoms with Gasteiger partial charge in [-0.05, 0) is 60.7 Å². The van der Waals surface area contributed by atoms with Gasteiger partial charge in [-0.15, -0.1) is 0 Å². The van der Waals surface area contributed by atoms with Crippen molar-refractivity contribution in [3.8, 4) is 0 Å². The molecule has 206 valence electrons. The molecule has 0 saturated carbocycles. The van der Waals surface area contributed by atoms with Gasteiger partial charge in [-0.3, -0.25) is 14.5 Å². The van der Waals surface area contributed by atoms with Crippen molar-refractivity contribution in [1.29, 1.82) is 0 Å². The quantitative estimate of drug-likeness (QED) is 0.343. The number of ether oxygens (including phenoxy) is 2. The van der Waals surface area contributed by atoms with Crippen LogP contribution in [0.25, 0.3) is 0 Å². The first-order valence-electron chi connectivity index (χ1n) is 14.0. The largest absolute Gasteiger partial charge is 0.463 e. The van der Waals surface area contributed by atoms with Crippen LogP contribution in [0.2, 0.25) is 0 Å². The summed E-state index contributed by atoms with van der Waals surface area (Å²) in [6, 6.07) is 8.54. The van der Waals surface area contributed by atoms with Gasteiger partial charge in [0.1, 0.15) is 13.2 Å². The Hall–Kier alpha value is -2.13. The number of esters is 1. The fourth-order valence-corrected chi connectivity index (χ4v) is 7.09. The number of carbonyl (C=O) groups excluding carboxylic acids is 2. The van der Waals surface area contributed by atoms with E-state index in [1.165, 1.54) is 23.3 Å². The zero-order valence-corrected chi connectivity index (χ0v) is 23.9. The van der Waals surface area contributed by atoms with Crippen molar-refractivity contribution in [2.75, 3.05) is 52.5 Å². The van der Waals surface area contributed by atoms with Crippen molar-refractivity contribution < 1.29 is 19.1 Å². The van der Waals surface area contributed by atoms with Crippen LogP contribution in [0.15, 0.2) is 29.2 Å². The van der Waals surface area contributed by atoms with Crippen molar-refractivity contribution in [3.05, 3.63) is 52.3 Å². The summed E-state index contributed by atoms with van der Waals surface area (Å²) >= 11 is 1.83. The molecule has 7 nitrogen and oxygen atoms in total. The smallest absolute Gasteiger partial charge is 0.325 e. The second-order valence-corrected chi connectivity index (χ2v) is 12.7. The summed E-state index contributed by atoms with van der Waals surface area (Å²) in [7, 11) is 0. The molecule has 2 saturated heterocycles. The fourth-order valence-electron chi connectivity index (χ4n) is 5.97. The summed E-state index contributed by atoms with van der Waals surface area (Å²) in [5, 5.41) is 0. The third-order valence-electron chi connectivity index (χ3n) is 8.02. The van der Waals surface area contributed by atoms with Crippen LogP contribution >= 0.6 is 11.9 Å². The zero-order chi connectivity index (χ0) is 26.7. The number of rotatable bonds is 9. The SMILES string of the molecule is Cc1c(Cc2ccccc2SN2CCCC2)c2c(n1CC(=O)OCCN1CCOCC1)CC(C)(C)CC2=O. The average molecular weight is 540 g/mol. The number of Topliss-reactive ketones (excluding diaryl/α,β-unsaturated/α-hetero) is 1. The number of hydrogen-bond donors (Lipinski definition) is 0. The number of benzene rings is 1. The molecule has 8 heteroatoms. The van der Waals surface area contributed by atoms with E-state index in [9.17, 15) is 9.59 Å². The summed E-state index contributed by atoms with van der Waals surface area (Å²) < 4.78 is 15.6. The molecule has 0 unspecified atom stereocenters.